The van der Waals surface area contributed by atoms with E-state index in [0.717, 1.165) is 50.2 Å². The molecule has 0 bridgehead atoms. The van der Waals surface area contributed by atoms with Crippen molar-refractivity contribution >= 4 is 0 Å². The number of benzene rings is 1. The van der Waals surface area contributed by atoms with Gasteiger partial charge in [0.1, 0.15) is 5.82 Å². The van der Waals surface area contributed by atoms with Gasteiger partial charge >= 0.3 is 0 Å². The van der Waals surface area contributed by atoms with Crippen LogP contribution in [0.3, 0.4) is 0 Å². The highest BCUT2D eigenvalue weighted by atomic mass is 19.1. The van der Waals surface area contributed by atoms with Crippen molar-refractivity contribution in [2.45, 2.75) is 45.2 Å². The van der Waals surface area contributed by atoms with Gasteiger partial charge in [-0.3, -0.25) is 9.80 Å². The van der Waals surface area contributed by atoms with Gasteiger partial charge in [-0.2, -0.15) is 0 Å². The molecule has 3 heteroatoms. The van der Waals surface area contributed by atoms with Gasteiger partial charge in [0.15, 0.2) is 0 Å². The summed E-state index contributed by atoms with van der Waals surface area (Å²) in [4.78, 5) is 5.06. The van der Waals surface area contributed by atoms with E-state index in [0.29, 0.717) is 0 Å². The largest absolute Gasteiger partial charge is 0.298 e. The molecule has 0 aromatic heterocycles. The monoisotopic (exact) mass is 290 g/mol. The molecule has 0 unspecified atom stereocenters. The van der Waals surface area contributed by atoms with Gasteiger partial charge in [-0.05, 0) is 24.8 Å². The van der Waals surface area contributed by atoms with Crippen LogP contribution >= 0.6 is 0 Å². The fourth-order valence-electron chi connectivity index (χ4n) is 3.89. The van der Waals surface area contributed by atoms with Crippen LogP contribution in [0.15, 0.2) is 24.3 Å². The molecule has 116 valence electrons. The van der Waals surface area contributed by atoms with Crippen LogP contribution in [0.4, 0.5) is 4.39 Å². The summed E-state index contributed by atoms with van der Waals surface area (Å²) in [6.45, 7) is 7.57. The highest BCUT2D eigenvalue weighted by Crippen LogP contribution is 2.28. The van der Waals surface area contributed by atoms with E-state index in [-0.39, 0.29) is 5.82 Å². The second-order valence-corrected chi connectivity index (χ2v) is 6.83. The minimum absolute atomic E-state index is 0.0685. The third kappa shape index (κ3) is 3.83. The van der Waals surface area contributed by atoms with Crippen LogP contribution in [-0.2, 0) is 6.54 Å². The molecule has 21 heavy (non-hydrogen) atoms. The summed E-state index contributed by atoms with van der Waals surface area (Å²) in [6, 6.07) is 7.96. The normalized spacial score (nSPS) is 28.7. The predicted molar refractivity (Wildman–Crippen MR) is 84.7 cm³/mol. The molecule has 2 nitrogen and oxygen atoms in total. The molecular formula is C18H27FN2. The summed E-state index contributed by atoms with van der Waals surface area (Å²) >= 11 is 0. The lowest BCUT2D eigenvalue weighted by Gasteiger charge is -2.42. The molecule has 2 fully saturated rings. The van der Waals surface area contributed by atoms with E-state index in [1.165, 1.54) is 25.7 Å². The SMILES string of the molecule is C[C@@H]1CCC[C@H](N2CCN(Cc3ccccc3F)CC2)C1. The van der Waals surface area contributed by atoms with Crippen molar-refractivity contribution in [2.75, 3.05) is 26.2 Å². The van der Waals surface area contributed by atoms with Crippen molar-refractivity contribution in [3.8, 4) is 0 Å². The molecule has 1 saturated heterocycles. The Morgan fingerprint density at radius 2 is 1.86 bits per heavy atom. The van der Waals surface area contributed by atoms with E-state index >= 15 is 0 Å². The minimum Gasteiger partial charge on any atom is -0.298 e. The first-order chi connectivity index (χ1) is 10.2. The fourth-order valence-corrected chi connectivity index (χ4v) is 3.89. The van der Waals surface area contributed by atoms with Crippen molar-refractivity contribution in [1.29, 1.82) is 0 Å². The first-order valence-corrected chi connectivity index (χ1v) is 8.42. The van der Waals surface area contributed by atoms with Gasteiger partial charge in [0, 0.05) is 44.3 Å². The van der Waals surface area contributed by atoms with Crippen molar-refractivity contribution in [3.05, 3.63) is 35.6 Å². The van der Waals surface area contributed by atoms with Gasteiger partial charge in [0.05, 0.1) is 0 Å². The van der Waals surface area contributed by atoms with Gasteiger partial charge in [0.2, 0.25) is 0 Å². The second kappa shape index (κ2) is 6.89. The van der Waals surface area contributed by atoms with Crippen LogP contribution in [-0.4, -0.2) is 42.0 Å². The van der Waals surface area contributed by atoms with E-state index in [1.807, 2.05) is 12.1 Å². The lowest BCUT2D eigenvalue weighted by atomic mass is 9.86. The lowest BCUT2D eigenvalue weighted by Crippen LogP contribution is -2.51. The zero-order valence-electron chi connectivity index (χ0n) is 13.1. The summed E-state index contributed by atoms with van der Waals surface area (Å²) in [5.41, 5.74) is 0.831. The van der Waals surface area contributed by atoms with Crippen LogP contribution < -0.4 is 0 Å². The van der Waals surface area contributed by atoms with Crippen LogP contribution in [0.1, 0.15) is 38.2 Å². The minimum atomic E-state index is -0.0685. The Morgan fingerprint density at radius 1 is 1.10 bits per heavy atom. The molecule has 0 amide bonds. The average Bonchev–Trinajstić information content (AvgIpc) is 2.50. The van der Waals surface area contributed by atoms with Crippen molar-refractivity contribution < 1.29 is 4.39 Å². The Balaban J connectivity index is 1.50. The molecule has 2 atom stereocenters. The number of hydrogen-bond acceptors (Lipinski definition) is 2. The van der Waals surface area contributed by atoms with Crippen LogP contribution in [0, 0.1) is 11.7 Å². The molecule has 0 spiro atoms. The number of hydrogen-bond donors (Lipinski definition) is 0. The Bertz CT molecular complexity index is 454. The number of halogens is 1. The summed E-state index contributed by atoms with van der Waals surface area (Å²) in [5, 5.41) is 0. The maximum atomic E-state index is 13.7. The molecule has 1 aromatic carbocycles. The number of piperazine rings is 1. The quantitative estimate of drug-likeness (QED) is 0.840. The topological polar surface area (TPSA) is 6.48 Å². The maximum absolute atomic E-state index is 13.7. The number of nitrogens with zero attached hydrogens (tertiary/aromatic N) is 2. The zero-order chi connectivity index (χ0) is 14.7. The van der Waals surface area contributed by atoms with Gasteiger partial charge < -0.3 is 0 Å². The summed E-state index contributed by atoms with van der Waals surface area (Å²) < 4.78 is 13.7. The van der Waals surface area contributed by atoms with E-state index in [2.05, 4.69) is 16.7 Å². The van der Waals surface area contributed by atoms with Crippen LogP contribution in [0.25, 0.3) is 0 Å². The van der Waals surface area contributed by atoms with Gasteiger partial charge in [0.25, 0.3) is 0 Å². The van der Waals surface area contributed by atoms with Crippen LogP contribution in [0.2, 0.25) is 0 Å². The molecule has 1 aliphatic carbocycles. The average molecular weight is 290 g/mol. The Labute approximate surface area is 127 Å². The first-order valence-electron chi connectivity index (χ1n) is 8.42. The van der Waals surface area contributed by atoms with E-state index < -0.39 is 0 Å². The molecule has 3 rings (SSSR count). The molecule has 1 heterocycles. The molecule has 1 saturated carbocycles. The molecule has 1 aromatic rings. The van der Waals surface area contributed by atoms with Crippen molar-refractivity contribution in [3.63, 3.8) is 0 Å². The fraction of sp³-hybridized carbons (Fsp3) is 0.667. The van der Waals surface area contributed by atoms with Crippen molar-refractivity contribution in [2.24, 2.45) is 5.92 Å². The maximum Gasteiger partial charge on any atom is 0.127 e. The van der Waals surface area contributed by atoms with Crippen molar-refractivity contribution in [1.82, 2.24) is 9.80 Å². The molecular weight excluding hydrogens is 263 g/mol. The van der Waals surface area contributed by atoms with E-state index in [1.54, 1.807) is 12.1 Å². The first kappa shape index (κ1) is 15.0. The van der Waals surface area contributed by atoms with E-state index in [9.17, 15) is 4.39 Å². The molecule has 0 radical (unpaired) electrons. The van der Waals surface area contributed by atoms with Gasteiger partial charge in [-0.1, -0.05) is 38.0 Å². The Kier molecular flexibility index (Phi) is 4.91. The summed E-state index contributed by atoms with van der Waals surface area (Å²) in [6.07, 6.45) is 5.54. The predicted octanol–water partition coefficient (Wildman–Crippen LogP) is 3.52. The molecule has 2 aliphatic rings. The highest BCUT2D eigenvalue weighted by Gasteiger charge is 2.27. The second-order valence-electron chi connectivity index (χ2n) is 6.83. The lowest BCUT2D eigenvalue weighted by molar-refractivity contribution is 0.0655. The highest BCUT2D eigenvalue weighted by molar-refractivity contribution is 5.17. The summed E-state index contributed by atoms with van der Waals surface area (Å²) in [5.74, 6) is 0.821. The smallest absolute Gasteiger partial charge is 0.127 e. The standard InChI is InChI=1S/C18H27FN2/c1-15-5-4-7-17(13-15)21-11-9-20(10-12-21)14-16-6-2-3-8-18(16)19/h2-3,6,8,15,17H,4-5,7,9-14H2,1H3/t15-,17+/m1/s1. The Hall–Kier alpha value is -0.930. The summed E-state index contributed by atoms with van der Waals surface area (Å²) in [7, 11) is 0. The third-order valence-electron chi connectivity index (χ3n) is 5.18. The molecule has 0 N–H and O–H groups in total. The zero-order valence-corrected chi connectivity index (χ0v) is 13.1. The van der Waals surface area contributed by atoms with Crippen LogP contribution in [0.5, 0.6) is 0 Å². The molecule has 1 aliphatic heterocycles. The number of rotatable bonds is 3. The van der Waals surface area contributed by atoms with Gasteiger partial charge in [-0.25, -0.2) is 4.39 Å². The Morgan fingerprint density at radius 3 is 2.57 bits per heavy atom. The van der Waals surface area contributed by atoms with Gasteiger partial charge in [-0.15, -0.1) is 0 Å². The van der Waals surface area contributed by atoms with E-state index in [4.69, 9.17) is 0 Å². The third-order valence-corrected chi connectivity index (χ3v) is 5.18.